The summed E-state index contributed by atoms with van der Waals surface area (Å²) in [5.74, 6) is 0. The number of anilines is 1. The Hall–Kier alpha value is -1.45. The highest BCUT2D eigenvalue weighted by molar-refractivity contribution is 6.30. The topological polar surface area (TPSA) is 28.4 Å². The van der Waals surface area contributed by atoms with Crippen molar-refractivity contribution < 1.29 is 4.42 Å². The van der Waals surface area contributed by atoms with Gasteiger partial charge in [0.2, 0.25) is 0 Å². The Morgan fingerprint density at radius 2 is 2.10 bits per heavy atom. The van der Waals surface area contributed by atoms with E-state index in [2.05, 4.69) is 37.2 Å². The van der Waals surface area contributed by atoms with Crippen LogP contribution in [0.1, 0.15) is 25.0 Å². The van der Waals surface area contributed by atoms with E-state index in [9.17, 15) is 0 Å². The van der Waals surface area contributed by atoms with Gasteiger partial charge in [-0.1, -0.05) is 31.5 Å². The summed E-state index contributed by atoms with van der Waals surface area (Å²) in [6, 6.07) is 8.47. The van der Waals surface area contributed by atoms with Crippen molar-refractivity contribution in [2.24, 2.45) is 0 Å². The SMILES string of the molecule is CC(C)NCc1ccc(Cl)cc1N(C)Cc1ccoc1. The predicted octanol–water partition coefficient (Wildman–Crippen LogP) is 4.07. The quantitative estimate of drug-likeness (QED) is 0.870. The molecule has 0 saturated carbocycles. The summed E-state index contributed by atoms with van der Waals surface area (Å²) in [6.07, 6.45) is 3.47. The van der Waals surface area contributed by atoms with E-state index >= 15 is 0 Å². The number of hydrogen-bond donors (Lipinski definition) is 1. The Labute approximate surface area is 125 Å². The lowest BCUT2D eigenvalue weighted by Gasteiger charge is -2.23. The Bertz CT molecular complexity index is 537. The molecule has 0 aliphatic carbocycles. The van der Waals surface area contributed by atoms with E-state index in [1.54, 1.807) is 12.5 Å². The zero-order chi connectivity index (χ0) is 14.5. The first-order chi connectivity index (χ1) is 9.56. The zero-order valence-corrected chi connectivity index (χ0v) is 12.9. The molecule has 2 aromatic rings. The third-order valence-electron chi connectivity index (χ3n) is 3.16. The van der Waals surface area contributed by atoms with Gasteiger partial charge in [0.1, 0.15) is 0 Å². The first-order valence-corrected chi connectivity index (χ1v) is 7.18. The zero-order valence-electron chi connectivity index (χ0n) is 12.2. The molecule has 0 amide bonds. The van der Waals surface area contributed by atoms with Gasteiger partial charge in [-0.25, -0.2) is 0 Å². The van der Waals surface area contributed by atoms with E-state index in [1.807, 2.05) is 18.2 Å². The molecule has 0 radical (unpaired) electrons. The van der Waals surface area contributed by atoms with Crippen LogP contribution in [0, 0.1) is 0 Å². The molecule has 0 bridgehead atoms. The first kappa shape index (κ1) is 14.9. The number of nitrogens with one attached hydrogen (secondary N) is 1. The maximum Gasteiger partial charge on any atom is 0.0952 e. The predicted molar refractivity (Wildman–Crippen MR) is 84.2 cm³/mol. The molecule has 2 rings (SSSR count). The lowest BCUT2D eigenvalue weighted by atomic mass is 10.1. The third kappa shape index (κ3) is 4.02. The lowest BCUT2D eigenvalue weighted by Crippen LogP contribution is -2.24. The summed E-state index contributed by atoms with van der Waals surface area (Å²) in [5, 5.41) is 4.20. The van der Waals surface area contributed by atoms with E-state index in [4.69, 9.17) is 16.0 Å². The van der Waals surface area contributed by atoms with Crippen molar-refractivity contribution in [2.45, 2.75) is 33.0 Å². The number of halogens is 1. The Balaban J connectivity index is 2.17. The molecule has 1 N–H and O–H groups in total. The standard InChI is InChI=1S/C16H21ClN2O/c1-12(2)18-9-14-4-5-15(17)8-16(14)19(3)10-13-6-7-20-11-13/h4-8,11-12,18H,9-10H2,1-3H3. The molecule has 20 heavy (non-hydrogen) atoms. The highest BCUT2D eigenvalue weighted by Crippen LogP contribution is 2.25. The fraction of sp³-hybridized carbons (Fsp3) is 0.375. The van der Waals surface area contributed by atoms with Crippen LogP contribution in [0.2, 0.25) is 5.02 Å². The molecule has 0 spiro atoms. The van der Waals surface area contributed by atoms with Crippen LogP contribution in [0.5, 0.6) is 0 Å². The third-order valence-corrected chi connectivity index (χ3v) is 3.39. The van der Waals surface area contributed by atoms with Gasteiger partial charge in [0.25, 0.3) is 0 Å². The van der Waals surface area contributed by atoms with E-state index in [1.165, 1.54) is 5.56 Å². The molecule has 1 aromatic carbocycles. The van der Waals surface area contributed by atoms with Crippen molar-refractivity contribution in [3.05, 3.63) is 52.9 Å². The fourth-order valence-corrected chi connectivity index (χ4v) is 2.26. The smallest absolute Gasteiger partial charge is 0.0952 e. The van der Waals surface area contributed by atoms with Gasteiger partial charge in [0.05, 0.1) is 12.5 Å². The summed E-state index contributed by atoms with van der Waals surface area (Å²) in [7, 11) is 2.07. The Morgan fingerprint density at radius 1 is 1.30 bits per heavy atom. The van der Waals surface area contributed by atoms with Crippen LogP contribution in [0.3, 0.4) is 0 Å². The second-order valence-electron chi connectivity index (χ2n) is 5.30. The van der Waals surface area contributed by atoms with Gasteiger partial charge in [-0.3, -0.25) is 0 Å². The molecule has 3 nitrogen and oxygen atoms in total. The monoisotopic (exact) mass is 292 g/mol. The van der Waals surface area contributed by atoms with E-state index < -0.39 is 0 Å². The molecule has 1 aromatic heterocycles. The first-order valence-electron chi connectivity index (χ1n) is 6.80. The second kappa shape index (κ2) is 6.82. The van der Waals surface area contributed by atoms with Crippen LogP contribution in [0.15, 0.2) is 41.2 Å². The molecular weight excluding hydrogens is 272 g/mol. The summed E-state index contributed by atoms with van der Waals surface area (Å²) in [5.41, 5.74) is 3.54. The number of hydrogen-bond acceptors (Lipinski definition) is 3. The highest BCUT2D eigenvalue weighted by atomic mass is 35.5. The van der Waals surface area contributed by atoms with Crippen molar-refractivity contribution in [1.82, 2.24) is 5.32 Å². The van der Waals surface area contributed by atoms with Crippen molar-refractivity contribution in [3.63, 3.8) is 0 Å². The molecule has 0 saturated heterocycles. The Morgan fingerprint density at radius 3 is 2.75 bits per heavy atom. The minimum absolute atomic E-state index is 0.456. The van der Waals surface area contributed by atoms with Crippen molar-refractivity contribution in [2.75, 3.05) is 11.9 Å². The van der Waals surface area contributed by atoms with Crippen LogP contribution < -0.4 is 10.2 Å². The lowest BCUT2D eigenvalue weighted by molar-refractivity contribution is 0.563. The average molecular weight is 293 g/mol. The van der Waals surface area contributed by atoms with Gasteiger partial charge in [0, 0.05) is 42.5 Å². The largest absolute Gasteiger partial charge is 0.472 e. The van der Waals surface area contributed by atoms with Crippen LogP contribution in [-0.2, 0) is 13.1 Å². The van der Waals surface area contributed by atoms with Gasteiger partial charge in [-0.05, 0) is 23.8 Å². The van der Waals surface area contributed by atoms with Gasteiger partial charge >= 0.3 is 0 Å². The molecular formula is C16H21ClN2O. The van der Waals surface area contributed by atoms with Gasteiger partial charge in [-0.2, -0.15) is 0 Å². The van der Waals surface area contributed by atoms with Crippen molar-refractivity contribution in [3.8, 4) is 0 Å². The molecule has 0 unspecified atom stereocenters. The summed E-state index contributed by atoms with van der Waals surface area (Å²) in [6.45, 7) is 5.92. The maximum absolute atomic E-state index is 6.14. The van der Waals surface area contributed by atoms with Crippen LogP contribution in [-0.4, -0.2) is 13.1 Å². The molecule has 0 fully saturated rings. The van der Waals surface area contributed by atoms with Gasteiger partial charge in [0.15, 0.2) is 0 Å². The summed E-state index contributed by atoms with van der Waals surface area (Å²) >= 11 is 6.14. The van der Waals surface area contributed by atoms with Crippen molar-refractivity contribution >= 4 is 17.3 Å². The maximum atomic E-state index is 6.14. The van der Waals surface area contributed by atoms with E-state index in [0.29, 0.717) is 6.04 Å². The van der Waals surface area contributed by atoms with E-state index in [0.717, 1.165) is 29.4 Å². The summed E-state index contributed by atoms with van der Waals surface area (Å²) < 4.78 is 5.12. The average Bonchev–Trinajstić information content (AvgIpc) is 2.89. The molecule has 1 heterocycles. The van der Waals surface area contributed by atoms with Crippen LogP contribution in [0.4, 0.5) is 5.69 Å². The highest BCUT2D eigenvalue weighted by Gasteiger charge is 2.10. The summed E-state index contributed by atoms with van der Waals surface area (Å²) in [4.78, 5) is 2.19. The van der Waals surface area contributed by atoms with Gasteiger partial charge in [-0.15, -0.1) is 0 Å². The van der Waals surface area contributed by atoms with E-state index in [-0.39, 0.29) is 0 Å². The normalized spacial score (nSPS) is 11.1. The fourth-order valence-electron chi connectivity index (χ4n) is 2.10. The van der Waals surface area contributed by atoms with Crippen LogP contribution in [0.25, 0.3) is 0 Å². The number of furan rings is 1. The number of rotatable bonds is 6. The molecule has 4 heteroatoms. The Kier molecular flexibility index (Phi) is 5.10. The second-order valence-corrected chi connectivity index (χ2v) is 5.73. The minimum Gasteiger partial charge on any atom is -0.472 e. The molecule has 0 aliphatic heterocycles. The molecule has 108 valence electrons. The number of nitrogens with zero attached hydrogens (tertiary/aromatic N) is 1. The molecule has 0 aliphatic rings. The minimum atomic E-state index is 0.456. The molecule has 0 atom stereocenters. The van der Waals surface area contributed by atoms with Crippen molar-refractivity contribution in [1.29, 1.82) is 0 Å². The van der Waals surface area contributed by atoms with Crippen LogP contribution >= 0.6 is 11.6 Å². The van der Waals surface area contributed by atoms with Gasteiger partial charge < -0.3 is 14.6 Å². The number of benzene rings is 1.